The van der Waals surface area contributed by atoms with Crippen LogP contribution in [-0.2, 0) is 0 Å². The van der Waals surface area contributed by atoms with Gasteiger partial charge in [-0.05, 0) is 37.6 Å². The van der Waals surface area contributed by atoms with Crippen LogP contribution in [-0.4, -0.2) is 21.0 Å². The molecular weight excluding hydrogens is 340 g/mol. The van der Waals surface area contributed by atoms with Crippen LogP contribution in [0.4, 0.5) is 0 Å². The zero-order valence-corrected chi connectivity index (χ0v) is 15.0. The molecule has 27 heavy (non-hydrogen) atoms. The topological polar surface area (TPSA) is 80.9 Å². The van der Waals surface area contributed by atoms with E-state index in [1.165, 1.54) is 0 Å². The summed E-state index contributed by atoms with van der Waals surface area (Å²) < 4.78 is 5.34. The molecule has 6 nitrogen and oxygen atoms in total. The average molecular weight is 358 g/mol. The molecule has 0 saturated carbocycles. The van der Waals surface area contributed by atoms with E-state index in [0.29, 0.717) is 28.1 Å². The number of nitrogens with zero attached hydrogens (tertiary/aromatic N) is 3. The fourth-order valence-corrected chi connectivity index (χ4v) is 3.04. The molecule has 134 valence electrons. The van der Waals surface area contributed by atoms with Gasteiger partial charge in [-0.1, -0.05) is 35.5 Å². The van der Waals surface area contributed by atoms with Gasteiger partial charge in [-0.2, -0.15) is 0 Å². The lowest BCUT2D eigenvalue weighted by atomic mass is 10.0. The molecular formula is C21H18N4O2. The third kappa shape index (κ3) is 3.29. The number of hydrogen-bond donors (Lipinski definition) is 1. The first-order valence-electron chi connectivity index (χ1n) is 8.66. The van der Waals surface area contributed by atoms with Crippen molar-refractivity contribution in [3.63, 3.8) is 0 Å². The number of rotatable bonds is 4. The molecule has 6 heteroatoms. The molecule has 1 aromatic carbocycles. The highest BCUT2D eigenvalue weighted by molar-refractivity contribution is 6.07. The summed E-state index contributed by atoms with van der Waals surface area (Å²) >= 11 is 0. The molecule has 0 spiro atoms. The molecule has 0 radical (unpaired) electrons. The monoisotopic (exact) mass is 358 g/mol. The largest absolute Gasteiger partial charge is 0.345 e. The van der Waals surface area contributed by atoms with Crippen LogP contribution in [0.2, 0.25) is 0 Å². The zero-order valence-electron chi connectivity index (χ0n) is 15.0. The third-order valence-corrected chi connectivity index (χ3v) is 4.48. The Hall–Kier alpha value is -3.54. The summed E-state index contributed by atoms with van der Waals surface area (Å²) in [5.74, 6) is -0.199. The Balaban J connectivity index is 1.75. The molecule has 3 heterocycles. The van der Waals surface area contributed by atoms with Crippen LogP contribution in [0.3, 0.4) is 0 Å². The van der Waals surface area contributed by atoms with E-state index < -0.39 is 0 Å². The van der Waals surface area contributed by atoms with Crippen molar-refractivity contribution in [2.75, 3.05) is 0 Å². The van der Waals surface area contributed by atoms with Crippen molar-refractivity contribution in [3.8, 4) is 11.3 Å². The van der Waals surface area contributed by atoms with E-state index in [4.69, 9.17) is 4.52 Å². The molecule has 4 rings (SSSR count). The minimum atomic E-state index is -0.199. The van der Waals surface area contributed by atoms with Gasteiger partial charge in [-0.3, -0.25) is 9.78 Å². The second-order valence-electron chi connectivity index (χ2n) is 6.34. The molecule has 0 saturated heterocycles. The van der Waals surface area contributed by atoms with Gasteiger partial charge in [0, 0.05) is 18.0 Å². The second kappa shape index (κ2) is 6.99. The van der Waals surface area contributed by atoms with Crippen LogP contribution >= 0.6 is 0 Å². The average Bonchev–Trinajstić information content (AvgIpc) is 3.09. The molecule has 3 aromatic heterocycles. The van der Waals surface area contributed by atoms with Gasteiger partial charge < -0.3 is 9.84 Å². The van der Waals surface area contributed by atoms with E-state index in [0.717, 1.165) is 11.1 Å². The van der Waals surface area contributed by atoms with E-state index >= 15 is 0 Å². The summed E-state index contributed by atoms with van der Waals surface area (Å²) in [5.41, 5.74) is 4.05. The van der Waals surface area contributed by atoms with Gasteiger partial charge in [0.15, 0.2) is 0 Å². The SMILES string of the molecule is Cc1noc2nc(-c3ccccc3)cc(C(=O)NC(C)c3ccncc3)c12. The Kier molecular flexibility index (Phi) is 4.38. The smallest absolute Gasteiger partial charge is 0.259 e. The molecule has 0 bridgehead atoms. The second-order valence-corrected chi connectivity index (χ2v) is 6.34. The lowest BCUT2D eigenvalue weighted by molar-refractivity contribution is 0.0941. The van der Waals surface area contributed by atoms with Crippen molar-refractivity contribution >= 4 is 17.0 Å². The summed E-state index contributed by atoms with van der Waals surface area (Å²) in [6.45, 7) is 3.74. The molecule has 1 amide bonds. The number of aromatic nitrogens is 3. The maximum atomic E-state index is 13.1. The molecule has 0 fully saturated rings. The predicted octanol–water partition coefficient (Wildman–Crippen LogP) is 4.08. The van der Waals surface area contributed by atoms with Crippen molar-refractivity contribution in [1.82, 2.24) is 20.4 Å². The van der Waals surface area contributed by atoms with E-state index in [1.54, 1.807) is 25.4 Å². The number of nitrogens with one attached hydrogen (secondary N) is 1. The lowest BCUT2D eigenvalue weighted by Gasteiger charge is -2.15. The number of carbonyl (C=O) groups is 1. The molecule has 0 aliphatic heterocycles. The number of fused-ring (bicyclic) bond motifs is 1. The van der Waals surface area contributed by atoms with Gasteiger partial charge in [-0.25, -0.2) is 4.98 Å². The van der Waals surface area contributed by atoms with Crippen LogP contribution in [0.25, 0.3) is 22.4 Å². The summed E-state index contributed by atoms with van der Waals surface area (Å²) in [6, 6.07) is 15.1. The standard InChI is InChI=1S/C21H18N4O2/c1-13(15-8-10-22-11-9-15)23-20(26)17-12-18(16-6-4-3-5-7-16)24-21-19(17)14(2)25-27-21/h3-13H,1-2H3,(H,23,26). The van der Waals surface area contributed by atoms with Crippen LogP contribution in [0.5, 0.6) is 0 Å². The van der Waals surface area contributed by atoms with Gasteiger partial charge in [0.2, 0.25) is 0 Å². The Bertz CT molecular complexity index is 1090. The van der Waals surface area contributed by atoms with Crippen LogP contribution < -0.4 is 5.32 Å². The van der Waals surface area contributed by atoms with Crippen molar-refractivity contribution in [2.45, 2.75) is 19.9 Å². The Morgan fingerprint density at radius 1 is 1.11 bits per heavy atom. The molecule has 1 atom stereocenters. The number of hydrogen-bond acceptors (Lipinski definition) is 5. The third-order valence-electron chi connectivity index (χ3n) is 4.48. The van der Waals surface area contributed by atoms with Gasteiger partial charge >= 0.3 is 0 Å². The maximum absolute atomic E-state index is 13.1. The maximum Gasteiger partial charge on any atom is 0.259 e. The van der Waals surface area contributed by atoms with Gasteiger partial charge in [-0.15, -0.1) is 0 Å². The molecule has 1 unspecified atom stereocenters. The van der Waals surface area contributed by atoms with Crippen molar-refractivity contribution in [2.24, 2.45) is 0 Å². The molecule has 1 N–H and O–H groups in total. The minimum Gasteiger partial charge on any atom is -0.345 e. The first-order chi connectivity index (χ1) is 13.1. The van der Waals surface area contributed by atoms with Gasteiger partial charge in [0.05, 0.1) is 28.4 Å². The van der Waals surface area contributed by atoms with E-state index in [-0.39, 0.29) is 11.9 Å². The summed E-state index contributed by atoms with van der Waals surface area (Å²) in [6.07, 6.45) is 3.42. The highest BCUT2D eigenvalue weighted by Crippen LogP contribution is 2.27. The zero-order chi connectivity index (χ0) is 18.8. The lowest BCUT2D eigenvalue weighted by Crippen LogP contribution is -2.27. The summed E-state index contributed by atoms with van der Waals surface area (Å²) in [5, 5.41) is 7.65. The number of pyridine rings is 2. The van der Waals surface area contributed by atoms with E-state index in [1.807, 2.05) is 49.4 Å². The Morgan fingerprint density at radius 3 is 2.59 bits per heavy atom. The Labute approximate surface area is 156 Å². The van der Waals surface area contributed by atoms with E-state index in [2.05, 4.69) is 20.4 Å². The van der Waals surface area contributed by atoms with E-state index in [9.17, 15) is 4.79 Å². The highest BCUT2D eigenvalue weighted by Gasteiger charge is 2.20. The highest BCUT2D eigenvalue weighted by atomic mass is 16.5. The molecule has 0 aliphatic rings. The normalized spacial score (nSPS) is 12.1. The first kappa shape index (κ1) is 16.9. The van der Waals surface area contributed by atoms with Crippen LogP contribution in [0.1, 0.15) is 34.6 Å². The van der Waals surface area contributed by atoms with Crippen LogP contribution in [0.15, 0.2) is 65.4 Å². The summed E-state index contributed by atoms with van der Waals surface area (Å²) in [4.78, 5) is 21.6. The Morgan fingerprint density at radius 2 is 1.85 bits per heavy atom. The minimum absolute atomic E-state index is 0.163. The van der Waals surface area contributed by atoms with Crippen LogP contribution in [0, 0.1) is 6.92 Å². The van der Waals surface area contributed by atoms with Crippen molar-refractivity contribution < 1.29 is 9.32 Å². The van der Waals surface area contributed by atoms with Crippen molar-refractivity contribution in [1.29, 1.82) is 0 Å². The first-order valence-corrected chi connectivity index (χ1v) is 8.66. The number of benzene rings is 1. The quantitative estimate of drug-likeness (QED) is 0.594. The number of carbonyl (C=O) groups excluding carboxylic acids is 1. The molecule has 0 aliphatic carbocycles. The predicted molar refractivity (Wildman–Crippen MR) is 102 cm³/mol. The number of amides is 1. The van der Waals surface area contributed by atoms with Gasteiger partial charge in [0.1, 0.15) is 0 Å². The summed E-state index contributed by atoms with van der Waals surface area (Å²) in [7, 11) is 0. The van der Waals surface area contributed by atoms with Crippen molar-refractivity contribution in [3.05, 3.63) is 77.7 Å². The fourth-order valence-electron chi connectivity index (χ4n) is 3.04. The fraction of sp³-hybridized carbons (Fsp3) is 0.143. The molecule has 4 aromatic rings. The van der Waals surface area contributed by atoms with Gasteiger partial charge in [0.25, 0.3) is 11.6 Å². The number of aryl methyl sites for hydroxylation is 1.